The molecule has 1 aliphatic rings. The molecule has 0 spiro atoms. The fourth-order valence-electron chi connectivity index (χ4n) is 1.01. The van der Waals surface area contributed by atoms with E-state index in [0.29, 0.717) is 50.0 Å². The van der Waals surface area contributed by atoms with Gasteiger partial charge in [0.05, 0.1) is 26.4 Å². The van der Waals surface area contributed by atoms with E-state index in [4.69, 9.17) is 18.9 Å². The maximum Gasteiger partial charge on any atom is 0.297 e. The molecule has 0 unspecified atom stereocenters. The third kappa shape index (κ3) is 3.61. The van der Waals surface area contributed by atoms with E-state index < -0.39 is 0 Å². The lowest BCUT2D eigenvalue weighted by Crippen LogP contribution is -2.13. The van der Waals surface area contributed by atoms with Crippen molar-refractivity contribution < 1.29 is 18.9 Å². The molecule has 1 aromatic rings. The smallest absolute Gasteiger partial charge is 0.297 e. The standard InChI is InChI=1S/C8H12N2O4S/c1-2-12-4-6-14-8-10-9-7(15-8)13-5-3-11-1/h1-6H2. The van der Waals surface area contributed by atoms with Gasteiger partial charge in [0.2, 0.25) is 0 Å². The van der Waals surface area contributed by atoms with E-state index in [1.54, 1.807) is 0 Å². The minimum absolute atomic E-state index is 0.467. The van der Waals surface area contributed by atoms with E-state index >= 15 is 0 Å². The Kier molecular flexibility index (Phi) is 4.12. The highest BCUT2D eigenvalue weighted by atomic mass is 32.1. The van der Waals surface area contributed by atoms with Gasteiger partial charge in [-0.25, -0.2) is 0 Å². The van der Waals surface area contributed by atoms with Crippen LogP contribution in [0.4, 0.5) is 0 Å². The molecule has 0 amide bonds. The van der Waals surface area contributed by atoms with Gasteiger partial charge >= 0.3 is 0 Å². The molecule has 0 saturated heterocycles. The molecule has 1 aromatic heterocycles. The van der Waals surface area contributed by atoms with Gasteiger partial charge in [-0.2, -0.15) is 0 Å². The summed E-state index contributed by atoms with van der Waals surface area (Å²) in [6.45, 7) is 3.13. The van der Waals surface area contributed by atoms with Gasteiger partial charge in [0.25, 0.3) is 10.4 Å². The highest BCUT2D eigenvalue weighted by Gasteiger charge is 2.06. The molecule has 0 atom stereocenters. The predicted octanol–water partition coefficient (Wildman–Crippen LogP) is 0.343. The van der Waals surface area contributed by atoms with E-state index in [-0.39, 0.29) is 0 Å². The highest BCUT2D eigenvalue weighted by Crippen LogP contribution is 2.24. The largest absolute Gasteiger partial charge is 0.466 e. The first-order valence-corrected chi connectivity index (χ1v) is 5.51. The summed E-state index contributed by atoms with van der Waals surface area (Å²) in [6, 6.07) is 0. The lowest BCUT2D eigenvalue weighted by atomic mass is 10.7. The van der Waals surface area contributed by atoms with Crippen molar-refractivity contribution in [2.24, 2.45) is 0 Å². The fraction of sp³-hybridized carbons (Fsp3) is 0.750. The SMILES string of the molecule is C1COCCOc2nnc(s2)OCCO1. The Morgan fingerprint density at radius 2 is 1.20 bits per heavy atom. The second-order valence-corrected chi connectivity index (χ2v) is 3.66. The Balaban J connectivity index is 1.88. The Bertz CT molecular complexity index is 267. The van der Waals surface area contributed by atoms with Crippen molar-refractivity contribution in [3.05, 3.63) is 0 Å². The zero-order valence-corrected chi connectivity index (χ0v) is 8.99. The molecule has 0 radical (unpaired) electrons. The number of ether oxygens (including phenoxy) is 4. The molecule has 2 heterocycles. The van der Waals surface area contributed by atoms with Crippen LogP contribution >= 0.6 is 11.3 Å². The van der Waals surface area contributed by atoms with Gasteiger partial charge in [-0.05, 0) is 11.3 Å². The maximum atomic E-state index is 5.30. The Labute approximate surface area is 91.1 Å². The summed E-state index contributed by atoms with van der Waals surface area (Å²) in [5, 5.41) is 8.64. The van der Waals surface area contributed by atoms with Crippen molar-refractivity contribution in [2.75, 3.05) is 39.6 Å². The monoisotopic (exact) mass is 232 g/mol. The number of fused-ring (bicyclic) bond motifs is 2. The zero-order valence-electron chi connectivity index (χ0n) is 8.18. The third-order valence-corrected chi connectivity index (χ3v) is 2.41. The van der Waals surface area contributed by atoms with Crippen molar-refractivity contribution in [2.45, 2.75) is 0 Å². The molecule has 1 aliphatic heterocycles. The predicted molar refractivity (Wildman–Crippen MR) is 52.5 cm³/mol. The molecular formula is C8H12N2O4S. The summed E-state index contributed by atoms with van der Waals surface area (Å²) < 4.78 is 21.1. The molecule has 0 N–H and O–H groups in total. The van der Waals surface area contributed by atoms with Crippen LogP contribution in [0.2, 0.25) is 0 Å². The number of hydrogen-bond acceptors (Lipinski definition) is 7. The van der Waals surface area contributed by atoms with E-state index in [0.717, 1.165) is 0 Å². The van der Waals surface area contributed by atoms with Gasteiger partial charge in [0.15, 0.2) is 0 Å². The summed E-state index contributed by atoms with van der Waals surface area (Å²) in [6.07, 6.45) is 0. The van der Waals surface area contributed by atoms with Gasteiger partial charge in [-0.3, -0.25) is 0 Å². The maximum absolute atomic E-state index is 5.30. The van der Waals surface area contributed by atoms with E-state index in [1.165, 1.54) is 11.3 Å². The Morgan fingerprint density at radius 1 is 0.733 bits per heavy atom. The summed E-state index contributed by atoms with van der Waals surface area (Å²) >= 11 is 1.28. The first-order chi connectivity index (χ1) is 7.45. The van der Waals surface area contributed by atoms with Gasteiger partial charge in [0.1, 0.15) is 13.2 Å². The van der Waals surface area contributed by atoms with Crippen LogP contribution in [-0.4, -0.2) is 49.8 Å². The number of nitrogens with zero attached hydrogens (tertiary/aromatic N) is 2. The van der Waals surface area contributed by atoms with Gasteiger partial charge in [-0.15, -0.1) is 0 Å². The van der Waals surface area contributed by atoms with E-state index in [1.807, 2.05) is 0 Å². The van der Waals surface area contributed by atoms with Crippen molar-refractivity contribution >= 4 is 11.3 Å². The van der Waals surface area contributed by atoms with Crippen molar-refractivity contribution in [3.63, 3.8) is 0 Å². The van der Waals surface area contributed by atoms with Gasteiger partial charge in [-0.1, -0.05) is 10.2 Å². The quantitative estimate of drug-likeness (QED) is 0.643. The number of rotatable bonds is 0. The molecule has 2 rings (SSSR count). The van der Waals surface area contributed by atoms with Crippen LogP contribution in [0.5, 0.6) is 10.4 Å². The molecule has 0 saturated carbocycles. The summed E-state index contributed by atoms with van der Waals surface area (Å²) in [4.78, 5) is 0. The first-order valence-electron chi connectivity index (χ1n) is 4.70. The average molecular weight is 232 g/mol. The normalized spacial score (nSPS) is 18.9. The Morgan fingerprint density at radius 3 is 1.73 bits per heavy atom. The van der Waals surface area contributed by atoms with Crippen LogP contribution < -0.4 is 9.47 Å². The highest BCUT2D eigenvalue weighted by molar-refractivity contribution is 7.14. The van der Waals surface area contributed by atoms with Crippen molar-refractivity contribution in [1.29, 1.82) is 0 Å². The van der Waals surface area contributed by atoms with E-state index in [2.05, 4.69) is 10.2 Å². The zero-order chi connectivity index (χ0) is 10.3. The van der Waals surface area contributed by atoms with Crippen molar-refractivity contribution in [1.82, 2.24) is 10.2 Å². The summed E-state index contributed by atoms with van der Waals surface area (Å²) in [5.41, 5.74) is 0. The second-order valence-electron chi connectivity index (χ2n) is 2.76. The van der Waals surface area contributed by atoms with Crippen LogP contribution in [0.1, 0.15) is 0 Å². The number of aromatic nitrogens is 2. The first kappa shape index (κ1) is 10.6. The molecule has 84 valence electrons. The molecule has 6 nitrogen and oxygen atoms in total. The lowest BCUT2D eigenvalue weighted by Gasteiger charge is -2.05. The second kappa shape index (κ2) is 5.84. The number of hydrogen-bond donors (Lipinski definition) is 0. The molecule has 2 bridgehead atoms. The van der Waals surface area contributed by atoms with Crippen LogP contribution in [-0.2, 0) is 9.47 Å². The molecular weight excluding hydrogens is 220 g/mol. The third-order valence-electron chi connectivity index (χ3n) is 1.67. The molecule has 15 heavy (non-hydrogen) atoms. The van der Waals surface area contributed by atoms with Gasteiger partial charge in [0, 0.05) is 0 Å². The topological polar surface area (TPSA) is 62.7 Å². The Hall–Kier alpha value is -0.920. The lowest BCUT2D eigenvalue weighted by molar-refractivity contribution is 0.0270. The molecule has 0 fully saturated rings. The van der Waals surface area contributed by atoms with Crippen LogP contribution in [0, 0.1) is 0 Å². The summed E-state index contributed by atoms with van der Waals surface area (Å²) in [7, 11) is 0. The average Bonchev–Trinajstić information content (AvgIpc) is 2.69. The van der Waals surface area contributed by atoms with Gasteiger partial charge < -0.3 is 18.9 Å². The fourth-order valence-corrected chi connectivity index (χ4v) is 1.61. The molecule has 0 aromatic carbocycles. The van der Waals surface area contributed by atoms with Crippen LogP contribution in [0.15, 0.2) is 0 Å². The van der Waals surface area contributed by atoms with Crippen molar-refractivity contribution in [3.8, 4) is 10.4 Å². The van der Waals surface area contributed by atoms with Crippen LogP contribution in [0.25, 0.3) is 0 Å². The summed E-state index contributed by atoms with van der Waals surface area (Å²) in [5.74, 6) is 0. The van der Waals surface area contributed by atoms with Crippen LogP contribution in [0.3, 0.4) is 0 Å². The van der Waals surface area contributed by atoms with E-state index in [9.17, 15) is 0 Å². The minimum atomic E-state index is 0.467. The molecule has 7 heteroatoms. The minimum Gasteiger partial charge on any atom is -0.466 e. The molecule has 0 aliphatic carbocycles.